The summed E-state index contributed by atoms with van der Waals surface area (Å²) in [6, 6.07) is 7.67. The molecule has 0 fully saturated rings. The highest BCUT2D eigenvalue weighted by atomic mass is 16.5. The highest BCUT2D eigenvalue weighted by Gasteiger charge is 2.07. The van der Waals surface area contributed by atoms with Gasteiger partial charge in [-0.05, 0) is 11.1 Å². The number of benzene rings is 1. The van der Waals surface area contributed by atoms with Crippen LogP contribution in [0.25, 0.3) is 0 Å². The quantitative estimate of drug-likeness (QED) is 0.418. The van der Waals surface area contributed by atoms with Crippen LogP contribution in [0, 0.1) is 0 Å². The summed E-state index contributed by atoms with van der Waals surface area (Å²) in [6.07, 6.45) is 1.98. The molecule has 16 heavy (non-hydrogen) atoms. The molecule has 0 atom stereocenters. The van der Waals surface area contributed by atoms with Crippen LogP contribution >= 0.6 is 0 Å². The van der Waals surface area contributed by atoms with E-state index in [4.69, 9.17) is 4.74 Å². The van der Waals surface area contributed by atoms with Gasteiger partial charge in [-0.2, -0.15) is 0 Å². The van der Waals surface area contributed by atoms with Crippen molar-refractivity contribution >= 4 is 5.97 Å². The topological polar surface area (TPSA) is 35.5 Å². The normalized spacial score (nSPS) is 9.81. The molecular formula is C13H16O3. The number of methoxy groups -OCH3 is 1. The maximum atomic E-state index is 11.2. The van der Waals surface area contributed by atoms with Crippen LogP contribution in [0.4, 0.5) is 0 Å². The molecule has 3 nitrogen and oxygen atoms in total. The number of hydrogen-bond acceptors (Lipinski definition) is 3. The van der Waals surface area contributed by atoms with Crippen molar-refractivity contribution in [2.45, 2.75) is 13.0 Å². The van der Waals surface area contributed by atoms with Gasteiger partial charge in [0.05, 0.1) is 26.7 Å². The average molecular weight is 220 g/mol. The van der Waals surface area contributed by atoms with E-state index < -0.39 is 0 Å². The Labute approximate surface area is 95.7 Å². The summed E-state index contributed by atoms with van der Waals surface area (Å²) >= 11 is 0. The lowest BCUT2D eigenvalue weighted by Gasteiger charge is -2.08. The Morgan fingerprint density at radius 2 is 2.06 bits per heavy atom. The fourth-order valence-electron chi connectivity index (χ4n) is 1.35. The Kier molecular flexibility index (Phi) is 5.29. The van der Waals surface area contributed by atoms with Crippen LogP contribution in [0.3, 0.4) is 0 Å². The molecule has 1 rings (SSSR count). The first-order valence-corrected chi connectivity index (χ1v) is 5.10. The van der Waals surface area contributed by atoms with E-state index in [9.17, 15) is 4.79 Å². The minimum atomic E-state index is -0.240. The Morgan fingerprint density at radius 1 is 1.38 bits per heavy atom. The SMILES string of the molecule is C=CCOCc1ccccc1CC(=O)OC. The maximum Gasteiger partial charge on any atom is 0.309 e. The molecule has 1 aromatic rings. The Hall–Kier alpha value is -1.61. The van der Waals surface area contributed by atoms with Gasteiger partial charge in [-0.15, -0.1) is 6.58 Å². The fourth-order valence-corrected chi connectivity index (χ4v) is 1.35. The van der Waals surface area contributed by atoms with Crippen LogP contribution in [0.2, 0.25) is 0 Å². The number of esters is 1. The third kappa shape index (κ3) is 3.87. The monoisotopic (exact) mass is 220 g/mol. The molecular weight excluding hydrogens is 204 g/mol. The molecule has 0 aromatic heterocycles. The first kappa shape index (κ1) is 12.5. The molecule has 0 heterocycles. The first-order valence-electron chi connectivity index (χ1n) is 5.10. The Morgan fingerprint density at radius 3 is 2.69 bits per heavy atom. The predicted molar refractivity (Wildman–Crippen MR) is 62.0 cm³/mol. The summed E-state index contributed by atoms with van der Waals surface area (Å²) in [5.74, 6) is -0.240. The van der Waals surface area contributed by atoms with Gasteiger partial charge in [0.15, 0.2) is 0 Å². The third-order valence-corrected chi connectivity index (χ3v) is 2.17. The summed E-state index contributed by atoms with van der Waals surface area (Å²) < 4.78 is 9.99. The molecule has 0 N–H and O–H groups in total. The highest BCUT2D eigenvalue weighted by Crippen LogP contribution is 2.11. The molecule has 0 bridgehead atoms. The van der Waals surface area contributed by atoms with E-state index in [2.05, 4.69) is 11.3 Å². The first-order chi connectivity index (χ1) is 7.77. The van der Waals surface area contributed by atoms with Crippen LogP contribution in [0.1, 0.15) is 11.1 Å². The third-order valence-electron chi connectivity index (χ3n) is 2.17. The van der Waals surface area contributed by atoms with E-state index >= 15 is 0 Å². The Balaban J connectivity index is 2.67. The summed E-state index contributed by atoms with van der Waals surface area (Å²) in [5, 5.41) is 0. The minimum absolute atomic E-state index is 0.240. The molecule has 0 aliphatic rings. The highest BCUT2D eigenvalue weighted by molar-refractivity contribution is 5.72. The van der Waals surface area contributed by atoms with Crippen molar-refractivity contribution in [3.63, 3.8) is 0 Å². The minimum Gasteiger partial charge on any atom is -0.469 e. The zero-order valence-corrected chi connectivity index (χ0v) is 9.44. The molecule has 86 valence electrons. The summed E-state index contributed by atoms with van der Waals surface area (Å²) in [4.78, 5) is 11.2. The van der Waals surface area contributed by atoms with E-state index in [1.54, 1.807) is 6.08 Å². The smallest absolute Gasteiger partial charge is 0.309 e. The standard InChI is InChI=1S/C13H16O3/c1-3-8-16-10-12-7-5-4-6-11(12)9-13(14)15-2/h3-7H,1,8-10H2,2H3. The number of hydrogen-bond donors (Lipinski definition) is 0. The molecule has 0 spiro atoms. The van der Waals surface area contributed by atoms with Gasteiger partial charge in [0.1, 0.15) is 0 Å². The van der Waals surface area contributed by atoms with Gasteiger partial charge >= 0.3 is 5.97 Å². The molecule has 0 amide bonds. The molecule has 0 saturated carbocycles. The van der Waals surface area contributed by atoms with Gasteiger partial charge in [0.25, 0.3) is 0 Å². The maximum absolute atomic E-state index is 11.2. The number of rotatable bonds is 6. The van der Waals surface area contributed by atoms with Gasteiger partial charge in [-0.1, -0.05) is 30.3 Å². The Bertz CT molecular complexity index is 358. The lowest BCUT2D eigenvalue weighted by Crippen LogP contribution is -2.07. The van der Waals surface area contributed by atoms with Crippen molar-refractivity contribution in [2.75, 3.05) is 13.7 Å². The van der Waals surface area contributed by atoms with Crippen molar-refractivity contribution in [1.29, 1.82) is 0 Å². The van der Waals surface area contributed by atoms with Crippen molar-refractivity contribution in [1.82, 2.24) is 0 Å². The zero-order chi connectivity index (χ0) is 11.8. The molecule has 0 aliphatic carbocycles. The van der Waals surface area contributed by atoms with Gasteiger partial charge in [0.2, 0.25) is 0 Å². The summed E-state index contributed by atoms with van der Waals surface area (Å²) in [5.41, 5.74) is 1.95. The van der Waals surface area contributed by atoms with Gasteiger partial charge in [-0.25, -0.2) is 0 Å². The van der Waals surface area contributed by atoms with Gasteiger partial charge in [0, 0.05) is 0 Å². The van der Waals surface area contributed by atoms with Crippen LogP contribution in [0.5, 0.6) is 0 Å². The van der Waals surface area contributed by atoms with Crippen LogP contribution in [-0.4, -0.2) is 19.7 Å². The molecule has 0 unspecified atom stereocenters. The molecule has 0 radical (unpaired) electrons. The second-order valence-electron chi connectivity index (χ2n) is 3.33. The molecule has 3 heteroatoms. The number of carbonyl (C=O) groups excluding carboxylic acids is 1. The van der Waals surface area contributed by atoms with Crippen molar-refractivity contribution in [3.05, 3.63) is 48.0 Å². The molecule has 1 aromatic carbocycles. The lowest BCUT2D eigenvalue weighted by molar-refractivity contribution is -0.139. The second-order valence-corrected chi connectivity index (χ2v) is 3.33. The second kappa shape index (κ2) is 6.80. The fraction of sp³-hybridized carbons (Fsp3) is 0.308. The number of carbonyl (C=O) groups is 1. The van der Waals surface area contributed by atoms with E-state index in [0.29, 0.717) is 13.2 Å². The molecule has 0 saturated heterocycles. The van der Waals surface area contributed by atoms with Gasteiger partial charge < -0.3 is 9.47 Å². The largest absolute Gasteiger partial charge is 0.469 e. The van der Waals surface area contributed by atoms with Gasteiger partial charge in [-0.3, -0.25) is 4.79 Å². The van der Waals surface area contributed by atoms with Crippen molar-refractivity contribution < 1.29 is 14.3 Å². The number of ether oxygens (including phenoxy) is 2. The average Bonchev–Trinajstić information content (AvgIpc) is 2.31. The zero-order valence-electron chi connectivity index (χ0n) is 9.44. The van der Waals surface area contributed by atoms with Crippen LogP contribution in [0.15, 0.2) is 36.9 Å². The van der Waals surface area contributed by atoms with E-state index in [0.717, 1.165) is 11.1 Å². The molecule has 0 aliphatic heterocycles. The van der Waals surface area contributed by atoms with Crippen molar-refractivity contribution in [3.8, 4) is 0 Å². The van der Waals surface area contributed by atoms with E-state index in [1.807, 2.05) is 24.3 Å². The van der Waals surface area contributed by atoms with Crippen LogP contribution in [-0.2, 0) is 27.3 Å². The summed E-state index contributed by atoms with van der Waals surface area (Å²) in [6.45, 7) is 4.57. The van der Waals surface area contributed by atoms with Crippen molar-refractivity contribution in [2.24, 2.45) is 0 Å². The lowest BCUT2D eigenvalue weighted by atomic mass is 10.1. The predicted octanol–water partition coefficient (Wildman–Crippen LogP) is 2.10. The van der Waals surface area contributed by atoms with E-state index in [1.165, 1.54) is 7.11 Å². The van der Waals surface area contributed by atoms with E-state index in [-0.39, 0.29) is 12.4 Å². The summed E-state index contributed by atoms with van der Waals surface area (Å²) in [7, 11) is 1.39. The van der Waals surface area contributed by atoms with Crippen LogP contribution < -0.4 is 0 Å².